The molecule has 0 fully saturated rings. The number of nitrogens with zero attached hydrogens (tertiary/aromatic N) is 1. The van der Waals surface area contributed by atoms with Crippen LogP contribution in [0.25, 0.3) is 10.6 Å². The summed E-state index contributed by atoms with van der Waals surface area (Å²) in [5.74, 6) is 0.309. The molecule has 0 amide bonds. The lowest BCUT2D eigenvalue weighted by atomic mass is 10.3. The van der Waals surface area contributed by atoms with Gasteiger partial charge in [-0.25, -0.2) is 0 Å². The van der Waals surface area contributed by atoms with Crippen molar-refractivity contribution in [3.8, 4) is 15.6 Å². The summed E-state index contributed by atoms with van der Waals surface area (Å²) >= 11 is 4.86. The van der Waals surface area contributed by atoms with E-state index in [9.17, 15) is 0 Å². The van der Waals surface area contributed by atoms with Gasteiger partial charge in [-0.05, 0) is 22.0 Å². The van der Waals surface area contributed by atoms with Gasteiger partial charge in [0.15, 0.2) is 5.06 Å². The second kappa shape index (κ2) is 3.62. The Morgan fingerprint density at radius 1 is 1.57 bits per heavy atom. The predicted octanol–water partition coefficient (Wildman–Crippen LogP) is 2.76. The fourth-order valence-corrected chi connectivity index (χ4v) is 2.63. The van der Waals surface area contributed by atoms with Crippen molar-refractivity contribution in [2.45, 2.75) is 0 Å². The van der Waals surface area contributed by atoms with Crippen LogP contribution in [-0.2, 0) is 0 Å². The first kappa shape index (κ1) is 9.54. The highest BCUT2D eigenvalue weighted by Crippen LogP contribution is 2.39. The molecule has 0 saturated heterocycles. The van der Waals surface area contributed by atoms with Crippen LogP contribution in [0.1, 0.15) is 0 Å². The SMILES string of the molecule is COc1sc(-c2cc(N)on2)cc1Br. The van der Waals surface area contributed by atoms with E-state index in [1.165, 1.54) is 11.3 Å². The summed E-state index contributed by atoms with van der Waals surface area (Å²) in [4.78, 5) is 0.953. The van der Waals surface area contributed by atoms with Gasteiger partial charge in [-0.1, -0.05) is 16.5 Å². The third-order valence-corrected chi connectivity index (χ3v) is 3.59. The van der Waals surface area contributed by atoms with Gasteiger partial charge in [-0.15, -0.1) is 0 Å². The van der Waals surface area contributed by atoms with Gasteiger partial charge < -0.3 is 15.0 Å². The van der Waals surface area contributed by atoms with Gasteiger partial charge in [0.1, 0.15) is 5.69 Å². The first-order valence-corrected chi connectivity index (χ1v) is 5.37. The lowest BCUT2D eigenvalue weighted by Crippen LogP contribution is -1.75. The average molecular weight is 275 g/mol. The standard InChI is InChI=1S/C8H7BrN2O2S/c1-12-8-4(9)2-6(14-8)5-3-7(10)13-11-5/h2-3H,10H2,1H3. The second-order valence-corrected chi connectivity index (χ2v) is 4.43. The number of hydrogen-bond donors (Lipinski definition) is 1. The molecule has 0 spiro atoms. The number of thiophene rings is 1. The van der Waals surface area contributed by atoms with E-state index in [1.54, 1.807) is 13.2 Å². The van der Waals surface area contributed by atoms with Crippen LogP contribution in [0.3, 0.4) is 0 Å². The number of hydrogen-bond acceptors (Lipinski definition) is 5. The van der Waals surface area contributed by atoms with Crippen molar-refractivity contribution >= 4 is 33.2 Å². The molecule has 0 atom stereocenters. The molecule has 0 aromatic carbocycles. The van der Waals surface area contributed by atoms with E-state index in [0.29, 0.717) is 5.88 Å². The summed E-state index contributed by atoms with van der Waals surface area (Å²) in [6, 6.07) is 3.60. The van der Waals surface area contributed by atoms with Gasteiger partial charge in [-0.3, -0.25) is 0 Å². The zero-order valence-corrected chi connectivity index (χ0v) is 9.68. The van der Waals surface area contributed by atoms with Gasteiger partial charge in [0.05, 0.1) is 16.5 Å². The Morgan fingerprint density at radius 3 is 2.86 bits per heavy atom. The molecule has 0 saturated carbocycles. The third kappa shape index (κ3) is 1.62. The Balaban J connectivity index is 2.42. The Morgan fingerprint density at radius 2 is 2.36 bits per heavy atom. The van der Waals surface area contributed by atoms with E-state index >= 15 is 0 Å². The maximum atomic E-state index is 5.43. The first-order valence-electron chi connectivity index (χ1n) is 3.76. The fraction of sp³-hybridized carbons (Fsp3) is 0.125. The number of nitrogen functional groups attached to an aromatic ring is 1. The zero-order valence-electron chi connectivity index (χ0n) is 7.28. The van der Waals surface area contributed by atoms with E-state index in [4.69, 9.17) is 15.0 Å². The molecule has 2 N–H and O–H groups in total. The summed E-state index contributed by atoms with van der Waals surface area (Å²) in [5, 5.41) is 4.62. The lowest BCUT2D eigenvalue weighted by Gasteiger charge is -1.91. The third-order valence-electron chi connectivity index (χ3n) is 1.62. The number of ether oxygens (including phenoxy) is 1. The molecule has 14 heavy (non-hydrogen) atoms. The highest BCUT2D eigenvalue weighted by Gasteiger charge is 2.11. The van der Waals surface area contributed by atoms with Crippen LogP contribution in [0, 0.1) is 0 Å². The minimum Gasteiger partial charge on any atom is -0.486 e. The molecule has 6 heteroatoms. The number of methoxy groups -OCH3 is 1. The molecular formula is C8H7BrN2O2S. The van der Waals surface area contributed by atoms with Crippen molar-refractivity contribution in [2.24, 2.45) is 0 Å². The summed E-state index contributed by atoms with van der Waals surface area (Å²) in [5.41, 5.74) is 6.14. The van der Waals surface area contributed by atoms with Crippen LogP contribution in [0.2, 0.25) is 0 Å². The minimum atomic E-state index is 0.309. The van der Waals surface area contributed by atoms with Crippen LogP contribution in [-0.4, -0.2) is 12.3 Å². The van der Waals surface area contributed by atoms with Crippen LogP contribution >= 0.6 is 27.3 Å². The Labute approximate surface area is 92.8 Å². The maximum absolute atomic E-state index is 5.43. The lowest BCUT2D eigenvalue weighted by molar-refractivity contribution is 0.425. The zero-order chi connectivity index (χ0) is 10.1. The molecule has 2 heterocycles. The predicted molar refractivity (Wildman–Crippen MR) is 58.5 cm³/mol. The van der Waals surface area contributed by atoms with E-state index in [-0.39, 0.29) is 0 Å². The van der Waals surface area contributed by atoms with Crippen molar-refractivity contribution in [1.29, 1.82) is 0 Å². The van der Waals surface area contributed by atoms with Crippen molar-refractivity contribution < 1.29 is 9.26 Å². The van der Waals surface area contributed by atoms with Crippen molar-refractivity contribution in [3.63, 3.8) is 0 Å². The Bertz CT molecular complexity index is 452. The molecule has 0 radical (unpaired) electrons. The molecule has 2 aromatic rings. The highest BCUT2D eigenvalue weighted by atomic mass is 79.9. The molecule has 0 bridgehead atoms. The van der Waals surface area contributed by atoms with Crippen LogP contribution < -0.4 is 10.5 Å². The monoisotopic (exact) mass is 274 g/mol. The summed E-state index contributed by atoms with van der Waals surface area (Å²) in [6.45, 7) is 0. The average Bonchev–Trinajstić information content (AvgIpc) is 2.71. The summed E-state index contributed by atoms with van der Waals surface area (Å²) in [7, 11) is 1.62. The number of halogens is 1. The molecule has 0 aliphatic rings. The number of aromatic nitrogens is 1. The van der Waals surface area contributed by atoms with Gasteiger partial charge in [0, 0.05) is 6.07 Å². The number of nitrogens with two attached hydrogens (primary N) is 1. The molecule has 74 valence electrons. The molecule has 2 rings (SSSR count). The first-order chi connectivity index (χ1) is 6.70. The molecule has 0 unspecified atom stereocenters. The highest BCUT2D eigenvalue weighted by molar-refractivity contribution is 9.10. The fourth-order valence-electron chi connectivity index (χ4n) is 1.02. The molecular weight excluding hydrogens is 268 g/mol. The van der Waals surface area contributed by atoms with Crippen LogP contribution in [0.4, 0.5) is 5.88 Å². The van der Waals surface area contributed by atoms with Crippen LogP contribution in [0.15, 0.2) is 21.1 Å². The largest absolute Gasteiger partial charge is 0.486 e. The second-order valence-electron chi connectivity index (χ2n) is 2.56. The van der Waals surface area contributed by atoms with Crippen molar-refractivity contribution in [2.75, 3.05) is 12.8 Å². The summed E-state index contributed by atoms with van der Waals surface area (Å²) in [6.07, 6.45) is 0. The smallest absolute Gasteiger partial charge is 0.222 e. The molecule has 2 aromatic heterocycles. The van der Waals surface area contributed by atoms with Crippen LogP contribution in [0.5, 0.6) is 5.06 Å². The summed E-state index contributed by atoms with van der Waals surface area (Å²) < 4.78 is 10.8. The van der Waals surface area contributed by atoms with Gasteiger partial charge in [-0.2, -0.15) is 0 Å². The van der Waals surface area contributed by atoms with E-state index < -0.39 is 0 Å². The normalized spacial score (nSPS) is 10.4. The van der Waals surface area contributed by atoms with E-state index in [2.05, 4.69) is 21.1 Å². The quantitative estimate of drug-likeness (QED) is 0.915. The maximum Gasteiger partial charge on any atom is 0.222 e. The Kier molecular flexibility index (Phi) is 2.47. The molecule has 4 nitrogen and oxygen atoms in total. The topological polar surface area (TPSA) is 61.3 Å². The molecule has 0 aliphatic carbocycles. The number of anilines is 1. The van der Waals surface area contributed by atoms with E-state index in [1.807, 2.05) is 6.07 Å². The van der Waals surface area contributed by atoms with Crippen molar-refractivity contribution in [1.82, 2.24) is 5.16 Å². The van der Waals surface area contributed by atoms with E-state index in [0.717, 1.165) is 20.1 Å². The van der Waals surface area contributed by atoms with Gasteiger partial charge >= 0.3 is 0 Å². The van der Waals surface area contributed by atoms with Gasteiger partial charge in [0.25, 0.3) is 0 Å². The molecule has 0 aliphatic heterocycles. The Hall–Kier alpha value is -1.01. The minimum absolute atomic E-state index is 0.309. The van der Waals surface area contributed by atoms with Crippen molar-refractivity contribution in [3.05, 3.63) is 16.6 Å². The number of rotatable bonds is 2. The van der Waals surface area contributed by atoms with Gasteiger partial charge in [0.2, 0.25) is 5.88 Å².